The van der Waals surface area contributed by atoms with Gasteiger partial charge in [-0.15, -0.1) is 0 Å². The molecular formula is C24H28N4O3S. The fourth-order valence-corrected chi connectivity index (χ4v) is 6.09. The predicted molar refractivity (Wildman–Crippen MR) is 124 cm³/mol. The third-order valence-corrected chi connectivity index (χ3v) is 8.05. The van der Waals surface area contributed by atoms with E-state index in [0.717, 1.165) is 51.6 Å². The van der Waals surface area contributed by atoms with Gasteiger partial charge in [0, 0.05) is 37.4 Å². The van der Waals surface area contributed by atoms with Crippen molar-refractivity contribution < 1.29 is 13.2 Å². The van der Waals surface area contributed by atoms with Crippen LogP contribution in [0.15, 0.2) is 47.4 Å². The second-order valence-electron chi connectivity index (χ2n) is 8.34. The van der Waals surface area contributed by atoms with Gasteiger partial charge in [0.15, 0.2) is 0 Å². The summed E-state index contributed by atoms with van der Waals surface area (Å²) in [6.45, 7) is 2.67. The maximum absolute atomic E-state index is 13.6. The first-order valence-electron chi connectivity index (χ1n) is 11.2. The molecule has 1 amide bonds. The summed E-state index contributed by atoms with van der Waals surface area (Å²) in [5.41, 5.74) is 2.04. The molecule has 2 aliphatic heterocycles. The van der Waals surface area contributed by atoms with Crippen molar-refractivity contribution in [3.8, 4) is 6.07 Å². The van der Waals surface area contributed by atoms with E-state index in [4.69, 9.17) is 5.26 Å². The van der Waals surface area contributed by atoms with Crippen LogP contribution in [-0.4, -0.2) is 44.8 Å². The molecule has 32 heavy (non-hydrogen) atoms. The molecule has 0 radical (unpaired) electrons. The van der Waals surface area contributed by atoms with Crippen LogP contribution in [0.1, 0.15) is 54.4 Å². The van der Waals surface area contributed by atoms with E-state index in [2.05, 4.69) is 10.2 Å². The Morgan fingerprint density at radius 3 is 2.12 bits per heavy atom. The first-order chi connectivity index (χ1) is 15.5. The highest BCUT2D eigenvalue weighted by molar-refractivity contribution is 7.89. The Morgan fingerprint density at radius 1 is 0.875 bits per heavy atom. The number of anilines is 2. The van der Waals surface area contributed by atoms with E-state index < -0.39 is 10.0 Å². The number of piperidine rings is 2. The lowest BCUT2D eigenvalue weighted by atomic mass is 10.1. The van der Waals surface area contributed by atoms with E-state index in [1.54, 1.807) is 40.7 Å². The Bertz CT molecular complexity index is 1110. The minimum Gasteiger partial charge on any atom is -0.370 e. The first kappa shape index (κ1) is 22.3. The first-order valence-corrected chi connectivity index (χ1v) is 12.6. The lowest BCUT2D eigenvalue weighted by Gasteiger charge is -2.33. The van der Waals surface area contributed by atoms with Crippen LogP contribution in [-0.2, 0) is 10.0 Å². The Balaban J connectivity index is 1.67. The Morgan fingerprint density at radius 2 is 1.50 bits per heavy atom. The van der Waals surface area contributed by atoms with E-state index in [1.807, 2.05) is 6.07 Å². The molecule has 2 aromatic rings. The minimum absolute atomic E-state index is 0.216. The van der Waals surface area contributed by atoms with Gasteiger partial charge in [0.25, 0.3) is 5.91 Å². The van der Waals surface area contributed by atoms with Crippen LogP contribution in [0.4, 0.5) is 11.4 Å². The molecule has 1 N–H and O–H groups in total. The zero-order valence-corrected chi connectivity index (χ0v) is 18.9. The van der Waals surface area contributed by atoms with Crippen molar-refractivity contribution in [3.05, 3.63) is 53.6 Å². The molecule has 0 unspecified atom stereocenters. The van der Waals surface area contributed by atoms with Gasteiger partial charge < -0.3 is 10.2 Å². The molecule has 0 aliphatic carbocycles. The summed E-state index contributed by atoms with van der Waals surface area (Å²) in [4.78, 5) is 15.3. The highest BCUT2D eigenvalue weighted by Crippen LogP contribution is 2.32. The van der Waals surface area contributed by atoms with Gasteiger partial charge in [0.1, 0.15) is 4.90 Å². The third kappa shape index (κ3) is 4.79. The molecule has 168 valence electrons. The molecule has 0 spiro atoms. The Kier molecular flexibility index (Phi) is 6.77. The zero-order chi connectivity index (χ0) is 22.6. The number of hydrogen-bond donors (Lipinski definition) is 1. The smallest absolute Gasteiger partial charge is 0.255 e. The predicted octanol–water partition coefficient (Wildman–Crippen LogP) is 3.98. The van der Waals surface area contributed by atoms with Crippen molar-refractivity contribution in [1.29, 1.82) is 5.26 Å². The fraction of sp³-hybridized carbons (Fsp3) is 0.417. The second-order valence-corrected chi connectivity index (χ2v) is 10.2. The lowest BCUT2D eigenvalue weighted by molar-refractivity contribution is 0.102. The van der Waals surface area contributed by atoms with Crippen molar-refractivity contribution in [1.82, 2.24) is 4.31 Å². The lowest BCUT2D eigenvalue weighted by Crippen LogP contribution is -2.37. The average Bonchev–Trinajstić information content (AvgIpc) is 2.85. The molecule has 0 aromatic heterocycles. The molecule has 0 atom stereocenters. The van der Waals surface area contributed by atoms with Gasteiger partial charge in [-0.25, -0.2) is 8.42 Å². The summed E-state index contributed by atoms with van der Waals surface area (Å²) < 4.78 is 28.7. The van der Waals surface area contributed by atoms with Gasteiger partial charge >= 0.3 is 0 Å². The number of benzene rings is 2. The minimum atomic E-state index is -3.70. The van der Waals surface area contributed by atoms with Gasteiger partial charge in [0.2, 0.25) is 10.0 Å². The topological polar surface area (TPSA) is 93.5 Å². The molecule has 8 heteroatoms. The van der Waals surface area contributed by atoms with Crippen molar-refractivity contribution in [2.75, 3.05) is 36.4 Å². The van der Waals surface area contributed by atoms with Crippen LogP contribution in [0.2, 0.25) is 0 Å². The highest BCUT2D eigenvalue weighted by atomic mass is 32.2. The summed E-state index contributed by atoms with van der Waals surface area (Å²) >= 11 is 0. The Hall–Kier alpha value is -2.89. The number of amides is 1. The number of rotatable bonds is 5. The van der Waals surface area contributed by atoms with Crippen LogP contribution in [0, 0.1) is 11.3 Å². The molecule has 2 saturated heterocycles. The van der Waals surface area contributed by atoms with Gasteiger partial charge in [0.05, 0.1) is 17.3 Å². The van der Waals surface area contributed by atoms with Crippen LogP contribution < -0.4 is 10.2 Å². The molecule has 0 saturated carbocycles. The van der Waals surface area contributed by atoms with Crippen LogP contribution in [0.25, 0.3) is 0 Å². The van der Waals surface area contributed by atoms with Crippen molar-refractivity contribution >= 4 is 27.3 Å². The monoisotopic (exact) mass is 452 g/mol. The van der Waals surface area contributed by atoms with Crippen LogP contribution in [0.5, 0.6) is 0 Å². The summed E-state index contributed by atoms with van der Waals surface area (Å²) in [7, 11) is -3.70. The molecular weight excluding hydrogens is 424 g/mol. The maximum Gasteiger partial charge on any atom is 0.255 e. The molecule has 2 heterocycles. The summed E-state index contributed by atoms with van der Waals surface area (Å²) in [5, 5.41) is 11.7. The number of carbonyl (C=O) groups excluding carboxylic acids is 1. The van der Waals surface area contributed by atoms with Gasteiger partial charge in [-0.1, -0.05) is 6.42 Å². The van der Waals surface area contributed by atoms with Crippen molar-refractivity contribution in [2.24, 2.45) is 0 Å². The highest BCUT2D eigenvalue weighted by Gasteiger charge is 2.31. The number of nitrogens with zero attached hydrogens (tertiary/aromatic N) is 3. The van der Waals surface area contributed by atoms with E-state index in [0.29, 0.717) is 35.6 Å². The molecule has 2 aliphatic rings. The largest absolute Gasteiger partial charge is 0.370 e. The number of carbonyl (C=O) groups is 1. The van der Waals surface area contributed by atoms with Gasteiger partial charge in [-0.2, -0.15) is 9.57 Å². The van der Waals surface area contributed by atoms with E-state index in [-0.39, 0.29) is 10.8 Å². The van der Waals surface area contributed by atoms with Gasteiger partial charge in [-0.05, 0) is 74.6 Å². The normalized spacial score (nSPS) is 17.5. The molecule has 7 nitrogen and oxygen atoms in total. The summed E-state index contributed by atoms with van der Waals surface area (Å²) in [6, 6.07) is 13.6. The fourth-order valence-electron chi connectivity index (χ4n) is 4.33. The van der Waals surface area contributed by atoms with Crippen LogP contribution in [0.3, 0.4) is 0 Å². The number of nitriles is 1. The van der Waals surface area contributed by atoms with E-state index in [1.165, 1.54) is 6.07 Å². The SMILES string of the molecule is N#Cc1ccc(NC(=O)c2ccc(N3CCCCC3)c(S(=O)(=O)N3CCCCC3)c2)cc1. The maximum atomic E-state index is 13.6. The zero-order valence-electron chi connectivity index (χ0n) is 18.1. The Labute approximate surface area is 189 Å². The second kappa shape index (κ2) is 9.72. The number of sulfonamides is 1. The number of hydrogen-bond acceptors (Lipinski definition) is 5. The van der Waals surface area contributed by atoms with Crippen LogP contribution >= 0.6 is 0 Å². The third-order valence-electron chi connectivity index (χ3n) is 6.12. The number of nitrogens with one attached hydrogen (secondary N) is 1. The summed E-state index contributed by atoms with van der Waals surface area (Å²) in [5.74, 6) is -0.380. The standard InChI is InChI=1S/C24H28N4O3S/c25-18-19-7-10-21(11-8-19)26-24(29)20-9-12-22(27-13-3-1-4-14-27)23(17-20)32(30,31)28-15-5-2-6-16-28/h7-12,17H,1-6,13-16H2,(H,26,29). The molecule has 0 bridgehead atoms. The van der Waals surface area contributed by atoms with Crippen molar-refractivity contribution in [3.63, 3.8) is 0 Å². The van der Waals surface area contributed by atoms with E-state index in [9.17, 15) is 13.2 Å². The van der Waals surface area contributed by atoms with E-state index >= 15 is 0 Å². The summed E-state index contributed by atoms with van der Waals surface area (Å²) in [6.07, 6.45) is 5.97. The molecule has 2 fully saturated rings. The molecule has 4 rings (SSSR count). The van der Waals surface area contributed by atoms with Gasteiger partial charge in [-0.3, -0.25) is 4.79 Å². The molecule has 2 aromatic carbocycles. The van der Waals surface area contributed by atoms with Crippen molar-refractivity contribution in [2.45, 2.75) is 43.4 Å². The average molecular weight is 453 g/mol. The quantitative estimate of drug-likeness (QED) is 0.741.